The van der Waals surface area contributed by atoms with Crippen LogP contribution in [0.15, 0.2) is 54.6 Å². The smallest absolute Gasteiger partial charge is 0.310 e. The average Bonchev–Trinajstić information content (AvgIpc) is 3.03. The summed E-state index contributed by atoms with van der Waals surface area (Å²) in [6.45, 7) is 6.24. The number of hydrogen-bond donors (Lipinski definition) is 1. The Labute approximate surface area is 177 Å². The van der Waals surface area contributed by atoms with E-state index in [0.717, 1.165) is 41.7 Å². The molecule has 0 aliphatic heterocycles. The molecule has 4 nitrogen and oxygen atoms in total. The van der Waals surface area contributed by atoms with Gasteiger partial charge in [0.15, 0.2) is 0 Å². The Morgan fingerprint density at radius 2 is 1.83 bits per heavy atom. The number of rotatable bonds is 7. The Morgan fingerprint density at radius 1 is 1.10 bits per heavy atom. The summed E-state index contributed by atoms with van der Waals surface area (Å²) in [5, 5.41) is 10.8. The minimum absolute atomic E-state index is 0.429. The number of aliphatic carboxylic acids is 1. The van der Waals surface area contributed by atoms with E-state index in [1.54, 1.807) is 0 Å². The summed E-state index contributed by atoms with van der Waals surface area (Å²) in [4.78, 5) is 16.6. The number of aromatic nitrogens is 2. The van der Waals surface area contributed by atoms with E-state index < -0.39 is 11.9 Å². The first-order valence-corrected chi connectivity index (χ1v) is 10.7. The van der Waals surface area contributed by atoms with Crippen LogP contribution in [-0.2, 0) is 11.2 Å². The van der Waals surface area contributed by atoms with Gasteiger partial charge in [0.1, 0.15) is 5.65 Å². The fraction of sp³-hybridized carbons (Fsp3) is 0.308. The molecule has 0 aliphatic carbocycles. The van der Waals surface area contributed by atoms with E-state index in [1.165, 1.54) is 22.2 Å². The quantitative estimate of drug-likeness (QED) is 0.411. The Kier molecular flexibility index (Phi) is 5.58. The van der Waals surface area contributed by atoms with E-state index in [4.69, 9.17) is 4.98 Å². The van der Waals surface area contributed by atoms with Crippen molar-refractivity contribution in [3.63, 3.8) is 0 Å². The number of benzene rings is 2. The number of fused-ring (bicyclic) bond motifs is 3. The molecule has 0 fully saturated rings. The molecular weight excluding hydrogens is 372 g/mol. The number of carboxylic acids is 1. The van der Waals surface area contributed by atoms with Gasteiger partial charge in [0, 0.05) is 28.8 Å². The van der Waals surface area contributed by atoms with E-state index in [-0.39, 0.29) is 0 Å². The molecule has 2 heterocycles. The summed E-state index contributed by atoms with van der Waals surface area (Å²) >= 11 is 0. The van der Waals surface area contributed by atoms with E-state index in [2.05, 4.69) is 60.7 Å². The van der Waals surface area contributed by atoms with Gasteiger partial charge >= 0.3 is 5.97 Å². The lowest BCUT2D eigenvalue weighted by Gasteiger charge is -2.13. The van der Waals surface area contributed by atoms with Crippen LogP contribution >= 0.6 is 0 Å². The van der Waals surface area contributed by atoms with Gasteiger partial charge < -0.3 is 5.11 Å². The maximum atomic E-state index is 11.7. The predicted octanol–water partition coefficient (Wildman–Crippen LogP) is 6.05. The van der Waals surface area contributed by atoms with Crippen molar-refractivity contribution in [2.24, 2.45) is 0 Å². The van der Waals surface area contributed by atoms with Gasteiger partial charge in [0.25, 0.3) is 0 Å². The molecule has 0 radical (unpaired) electrons. The third-order valence-electron chi connectivity index (χ3n) is 5.91. The maximum absolute atomic E-state index is 11.7. The van der Waals surface area contributed by atoms with Crippen LogP contribution in [0.1, 0.15) is 60.2 Å². The highest BCUT2D eigenvalue weighted by molar-refractivity contribution is 5.91. The second-order valence-electron chi connectivity index (χ2n) is 8.15. The van der Waals surface area contributed by atoms with Crippen molar-refractivity contribution in [3.8, 4) is 0 Å². The molecule has 4 rings (SSSR count). The molecule has 0 spiro atoms. The third-order valence-corrected chi connectivity index (χ3v) is 5.91. The monoisotopic (exact) mass is 400 g/mol. The average molecular weight is 401 g/mol. The van der Waals surface area contributed by atoms with E-state index in [9.17, 15) is 9.90 Å². The van der Waals surface area contributed by atoms with Gasteiger partial charge in [-0.25, -0.2) is 4.98 Å². The molecule has 30 heavy (non-hydrogen) atoms. The van der Waals surface area contributed by atoms with E-state index in [0.29, 0.717) is 6.42 Å². The van der Waals surface area contributed by atoms with Gasteiger partial charge in [0.05, 0.1) is 11.4 Å². The van der Waals surface area contributed by atoms with Crippen LogP contribution in [0.25, 0.3) is 16.6 Å². The second kappa shape index (κ2) is 8.31. The van der Waals surface area contributed by atoms with Crippen LogP contribution in [0.4, 0.5) is 0 Å². The third kappa shape index (κ3) is 3.70. The maximum Gasteiger partial charge on any atom is 0.310 e. The standard InChI is InChI=1S/C26H28N2O2/c1-4-5-8-21(26(29)30)20-13-11-19(12-14-20)16-23-22-9-6-7-10-24(22)28-18(3)15-17(2)27-25(23)28/h6-7,9-15,21H,4-5,8,16H2,1-3H3,(H,29,30). The second-order valence-corrected chi connectivity index (χ2v) is 8.15. The minimum Gasteiger partial charge on any atom is -0.481 e. The normalized spacial score (nSPS) is 12.5. The number of carbonyl (C=O) groups is 1. The van der Waals surface area contributed by atoms with Gasteiger partial charge in [-0.05, 0) is 43.5 Å². The first kappa shape index (κ1) is 20.1. The van der Waals surface area contributed by atoms with Crippen molar-refractivity contribution in [2.45, 2.75) is 52.4 Å². The highest BCUT2D eigenvalue weighted by atomic mass is 16.4. The van der Waals surface area contributed by atoms with Gasteiger partial charge in [-0.3, -0.25) is 9.20 Å². The summed E-state index contributed by atoms with van der Waals surface area (Å²) in [5.41, 5.74) is 7.63. The number of aryl methyl sites for hydroxylation is 2. The van der Waals surface area contributed by atoms with Crippen LogP contribution in [0.5, 0.6) is 0 Å². The van der Waals surface area contributed by atoms with Crippen LogP contribution in [-0.4, -0.2) is 20.5 Å². The number of para-hydroxylation sites is 1. The number of hydrogen-bond acceptors (Lipinski definition) is 2. The number of unbranched alkanes of at least 4 members (excludes halogenated alkanes) is 1. The summed E-state index contributed by atoms with van der Waals surface area (Å²) in [7, 11) is 0. The summed E-state index contributed by atoms with van der Waals surface area (Å²) in [5.74, 6) is -1.17. The lowest BCUT2D eigenvalue weighted by molar-refractivity contribution is -0.139. The molecule has 0 saturated heterocycles. The van der Waals surface area contributed by atoms with Crippen LogP contribution in [0, 0.1) is 13.8 Å². The van der Waals surface area contributed by atoms with E-state index in [1.807, 2.05) is 19.1 Å². The first-order chi connectivity index (χ1) is 14.5. The Morgan fingerprint density at radius 3 is 2.53 bits per heavy atom. The zero-order chi connectivity index (χ0) is 21.3. The Balaban J connectivity index is 1.73. The fourth-order valence-corrected chi connectivity index (χ4v) is 4.42. The minimum atomic E-state index is -0.740. The van der Waals surface area contributed by atoms with E-state index >= 15 is 0 Å². The fourth-order valence-electron chi connectivity index (χ4n) is 4.42. The highest BCUT2D eigenvalue weighted by Gasteiger charge is 2.19. The van der Waals surface area contributed by atoms with Crippen LogP contribution in [0.2, 0.25) is 0 Å². The molecule has 154 valence electrons. The van der Waals surface area contributed by atoms with Gasteiger partial charge in [0.2, 0.25) is 0 Å². The van der Waals surface area contributed by atoms with Crippen molar-refractivity contribution in [1.82, 2.24) is 9.38 Å². The zero-order valence-electron chi connectivity index (χ0n) is 17.9. The lowest BCUT2D eigenvalue weighted by Crippen LogP contribution is -2.11. The Bertz CT molecular complexity index is 1210. The highest BCUT2D eigenvalue weighted by Crippen LogP contribution is 2.30. The summed E-state index contributed by atoms with van der Waals surface area (Å²) in [6, 6.07) is 18.6. The SMILES string of the molecule is CCCCC(C(=O)O)c1ccc(Cc2c3ccccc3n3c(C)cc(C)nc23)cc1. The van der Waals surface area contributed by atoms with Crippen molar-refractivity contribution >= 4 is 22.5 Å². The molecule has 0 bridgehead atoms. The van der Waals surface area contributed by atoms with Crippen molar-refractivity contribution < 1.29 is 9.90 Å². The number of carboxylic acid groups (broad SMARTS) is 1. The lowest BCUT2D eigenvalue weighted by atomic mass is 9.92. The molecule has 2 aromatic carbocycles. The first-order valence-electron chi connectivity index (χ1n) is 10.7. The molecule has 2 aromatic heterocycles. The Hall–Kier alpha value is -3.14. The zero-order valence-corrected chi connectivity index (χ0v) is 17.9. The molecule has 1 unspecified atom stereocenters. The molecule has 4 heteroatoms. The van der Waals surface area contributed by atoms with Crippen molar-refractivity contribution in [3.05, 3.63) is 82.7 Å². The van der Waals surface area contributed by atoms with Crippen molar-refractivity contribution in [2.75, 3.05) is 0 Å². The molecule has 1 N–H and O–H groups in total. The van der Waals surface area contributed by atoms with Crippen LogP contribution < -0.4 is 0 Å². The molecule has 1 atom stereocenters. The predicted molar refractivity (Wildman–Crippen MR) is 121 cm³/mol. The molecular formula is C26H28N2O2. The van der Waals surface area contributed by atoms with Gasteiger partial charge in [-0.15, -0.1) is 0 Å². The summed E-state index contributed by atoms with van der Waals surface area (Å²) in [6.07, 6.45) is 3.37. The molecule has 0 saturated carbocycles. The van der Waals surface area contributed by atoms with Gasteiger partial charge in [-0.1, -0.05) is 62.2 Å². The van der Waals surface area contributed by atoms with Crippen LogP contribution in [0.3, 0.4) is 0 Å². The van der Waals surface area contributed by atoms with Gasteiger partial charge in [-0.2, -0.15) is 0 Å². The van der Waals surface area contributed by atoms with Crippen molar-refractivity contribution in [1.29, 1.82) is 0 Å². The molecule has 0 aliphatic rings. The number of nitrogens with zero attached hydrogens (tertiary/aromatic N) is 2. The summed E-state index contributed by atoms with van der Waals surface area (Å²) < 4.78 is 2.23. The molecule has 0 amide bonds. The largest absolute Gasteiger partial charge is 0.481 e. The molecule has 4 aromatic rings. The topological polar surface area (TPSA) is 54.6 Å².